The van der Waals surface area contributed by atoms with Crippen LogP contribution in [0.5, 0.6) is 0 Å². The molecule has 3 aromatic rings. The van der Waals surface area contributed by atoms with Gasteiger partial charge in [-0.05, 0) is 48.7 Å². The summed E-state index contributed by atoms with van der Waals surface area (Å²) in [5, 5.41) is 10.7. The number of pyridine rings is 1. The maximum absolute atomic E-state index is 11.4. The molecule has 2 aromatic carbocycles. The third-order valence-electron chi connectivity index (χ3n) is 5.78. The first-order valence-electron chi connectivity index (χ1n) is 10.4. The van der Waals surface area contributed by atoms with Crippen molar-refractivity contribution in [3.63, 3.8) is 0 Å². The molecule has 0 spiro atoms. The molecule has 1 fully saturated rings. The minimum Gasteiger partial charge on any atom is -0.512 e. The summed E-state index contributed by atoms with van der Waals surface area (Å²) in [6, 6.07) is 21.7. The van der Waals surface area contributed by atoms with Gasteiger partial charge in [0, 0.05) is 38.5 Å². The van der Waals surface area contributed by atoms with Crippen molar-refractivity contribution in [3.8, 4) is 11.3 Å². The van der Waals surface area contributed by atoms with Crippen LogP contribution >= 0.6 is 0 Å². The first-order chi connectivity index (χ1) is 14.1. The van der Waals surface area contributed by atoms with Gasteiger partial charge in [0.15, 0.2) is 5.78 Å². The van der Waals surface area contributed by atoms with Crippen LogP contribution in [0.15, 0.2) is 65.9 Å². The molecule has 1 saturated carbocycles. The van der Waals surface area contributed by atoms with E-state index >= 15 is 0 Å². The number of hydrogen-bond donors (Lipinski definition) is 1. The molecule has 1 aromatic heterocycles. The van der Waals surface area contributed by atoms with E-state index in [0.717, 1.165) is 54.5 Å². The van der Waals surface area contributed by atoms with Crippen LogP contribution in [0.4, 0.5) is 0 Å². The van der Waals surface area contributed by atoms with E-state index in [-0.39, 0.29) is 25.9 Å². The summed E-state index contributed by atoms with van der Waals surface area (Å²) in [5.41, 5.74) is 5.03. The monoisotopic (exact) mass is 577 g/mol. The number of allylic oxidation sites excluding steroid dienone is 2. The first kappa shape index (κ1) is 22.4. The van der Waals surface area contributed by atoms with Gasteiger partial charge in [0.2, 0.25) is 0 Å². The maximum atomic E-state index is 11.4. The fourth-order valence-corrected chi connectivity index (χ4v) is 4.23. The number of carbonyl (C=O) groups is 1. The van der Waals surface area contributed by atoms with E-state index in [1.807, 2.05) is 30.3 Å². The average Bonchev–Trinajstić information content (AvgIpc) is 2.75. The molecule has 0 aliphatic heterocycles. The molecule has 3 nitrogen and oxygen atoms in total. The Kier molecular flexibility index (Phi) is 7.58. The number of aromatic nitrogens is 1. The first-order valence-corrected chi connectivity index (χ1v) is 10.4. The molecule has 2 aliphatic rings. The molecule has 0 amide bonds. The summed E-state index contributed by atoms with van der Waals surface area (Å²) < 4.78 is 0. The van der Waals surface area contributed by atoms with Crippen LogP contribution in [0.3, 0.4) is 0 Å². The Hall–Kier alpha value is -2.29. The molecule has 0 bridgehead atoms. The second kappa shape index (κ2) is 10.1. The van der Waals surface area contributed by atoms with Crippen molar-refractivity contribution in [1.29, 1.82) is 0 Å². The number of nitrogens with zero attached hydrogens (tertiary/aromatic N) is 1. The predicted molar refractivity (Wildman–Crippen MR) is 117 cm³/mol. The number of hydrogen-bond acceptors (Lipinski definition) is 3. The fourth-order valence-electron chi connectivity index (χ4n) is 4.23. The Labute approximate surface area is 191 Å². The van der Waals surface area contributed by atoms with E-state index < -0.39 is 0 Å². The van der Waals surface area contributed by atoms with Crippen LogP contribution < -0.4 is 0 Å². The predicted octanol–water partition coefficient (Wildman–Crippen LogP) is 6.36. The van der Waals surface area contributed by atoms with Gasteiger partial charge in [-0.1, -0.05) is 37.3 Å². The summed E-state index contributed by atoms with van der Waals surface area (Å²) in [6.45, 7) is 2.06. The van der Waals surface area contributed by atoms with Crippen LogP contribution in [-0.4, -0.2) is 15.9 Å². The molecule has 1 radical (unpaired) electrons. The minimum atomic E-state index is 0. The fraction of sp³-hybridized carbons (Fsp3) is 0.308. The van der Waals surface area contributed by atoms with Gasteiger partial charge in [-0.3, -0.25) is 9.78 Å². The van der Waals surface area contributed by atoms with E-state index in [1.165, 1.54) is 10.9 Å². The van der Waals surface area contributed by atoms with Crippen molar-refractivity contribution in [3.05, 3.63) is 77.6 Å². The Balaban J connectivity index is 0.000000175. The minimum absolute atomic E-state index is 0. The zero-order chi connectivity index (χ0) is 20.2. The Bertz CT molecular complexity index is 1060. The summed E-state index contributed by atoms with van der Waals surface area (Å²) >= 11 is 0. The van der Waals surface area contributed by atoms with Gasteiger partial charge < -0.3 is 5.11 Å². The molecule has 1 N–H and O–H groups in total. The maximum Gasteiger partial charge on any atom is 0.162 e. The van der Waals surface area contributed by atoms with E-state index in [2.05, 4.69) is 42.2 Å². The number of para-hydroxylation sites is 1. The molecule has 1 heterocycles. The van der Waals surface area contributed by atoms with Gasteiger partial charge in [-0.25, -0.2) is 0 Å². The molecule has 30 heavy (non-hydrogen) atoms. The van der Waals surface area contributed by atoms with Crippen LogP contribution in [0, 0.1) is 18.9 Å². The van der Waals surface area contributed by atoms with Gasteiger partial charge >= 0.3 is 0 Å². The number of ketones is 1. The molecule has 5 rings (SSSR count). The van der Waals surface area contributed by atoms with E-state index in [0.29, 0.717) is 18.1 Å². The molecular weight excluding hydrogens is 551 g/mol. The van der Waals surface area contributed by atoms with Gasteiger partial charge in [0.1, 0.15) is 0 Å². The summed E-state index contributed by atoms with van der Waals surface area (Å²) in [6.07, 6.45) is 5.64. The van der Waals surface area contributed by atoms with Gasteiger partial charge in [-0.15, -0.1) is 35.4 Å². The van der Waals surface area contributed by atoms with Crippen LogP contribution in [0.2, 0.25) is 0 Å². The third kappa shape index (κ3) is 5.06. The van der Waals surface area contributed by atoms with Gasteiger partial charge in [0.05, 0.1) is 11.3 Å². The second-order valence-corrected chi connectivity index (χ2v) is 7.93. The number of aliphatic hydroxyl groups excluding tert-OH is 1. The summed E-state index contributed by atoms with van der Waals surface area (Å²) in [5.74, 6) is 0.972. The van der Waals surface area contributed by atoms with Crippen LogP contribution in [0.1, 0.15) is 44.1 Å². The molecule has 1 atom stereocenters. The molecule has 1 unspecified atom stereocenters. The number of aliphatic hydroxyl groups is 1. The zero-order valence-electron chi connectivity index (χ0n) is 17.2. The topological polar surface area (TPSA) is 50.2 Å². The quantitative estimate of drug-likeness (QED) is 0.343. The number of aryl methyl sites for hydroxylation is 1. The van der Waals surface area contributed by atoms with E-state index in [4.69, 9.17) is 0 Å². The molecule has 0 saturated heterocycles. The Morgan fingerprint density at radius 1 is 1.00 bits per heavy atom. The standard InChI is InChI=1S/C16H12N.C10H14O2.Ir/c1-12-6-8-14(9-7-12)16-11-10-13-4-2-3-5-15(13)17-16;11-8-5-1-3-7-4-2-6-9(12)10(7)8;/h2-8,10-11H,1H3;7,11H,1-6H2;/q-1;;. The molecular formula is C26H26IrNO2-. The zero-order valence-corrected chi connectivity index (χ0v) is 19.5. The van der Waals surface area contributed by atoms with Gasteiger partial charge in [0.25, 0.3) is 0 Å². The number of carbonyl (C=O) groups excluding carboxylic acids is 1. The summed E-state index contributed by atoms with van der Waals surface area (Å²) in [4.78, 5) is 16.1. The van der Waals surface area contributed by atoms with Crippen molar-refractivity contribution < 1.29 is 30.0 Å². The van der Waals surface area contributed by atoms with Crippen molar-refractivity contribution in [2.24, 2.45) is 5.92 Å². The number of Topliss-reactive ketones (excluding diaryl/α,β-unsaturated/α-hetero) is 1. The number of fused-ring (bicyclic) bond motifs is 2. The SMILES string of the molecule is Cc1c[c-]c(-c2ccc3ccccc3n2)cc1.O=C1CCCC2CCCC(O)=C12.[Ir]. The Morgan fingerprint density at radius 3 is 2.50 bits per heavy atom. The normalized spacial score (nSPS) is 18.2. The van der Waals surface area contributed by atoms with E-state index in [9.17, 15) is 9.90 Å². The van der Waals surface area contributed by atoms with Crippen LogP contribution in [0.25, 0.3) is 22.2 Å². The number of benzene rings is 2. The third-order valence-corrected chi connectivity index (χ3v) is 5.78. The van der Waals surface area contributed by atoms with Crippen molar-refractivity contribution in [1.82, 2.24) is 4.98 Å². The largest absolute Gasteiger partial charge is 0.512 e. The van der Waals surface area contributed by atoms with Crippen LogP contribution in [-0.2, 0) is 24.9 Å². The number of rotatable bonds is 1. The van der Waals surface area contributed by atoms with Crippen molar-refractivity contribution in [2.75, 3.05) is 0 Å². The average molecular weight is 577 g/mol. The van der Waals surface area contributed by atoms with Crippen molar-refractivity contribution >= 4 is 16.7 Å². The smallest absolute Gasteiger partial charge is 0.162 e. The second-order valence-electron chi connectivity index (χ2n) is 7.93. The molecule has 157 valence electrons. The Morgan fingerprint density at radius 2 is 1.77 bits per heavy atom. The summed E-state index contributed by atoms with van der Waals surface area (Å²) in [7, 11) is 0. The molecule has 4 heteroatoms. The van der Waals surface area contributed by atoms with Crippen molar-refractivity contribution in [2.45, 2.75) is 45.4 Å². The van der Waals surface area contributed by atoms with Gasteiger partial charge in [-0.2, -0.15) is 0 Å². The molecule has 2 aliphatic carbocycles. The van der Waals surface area contributed by atoms with E-state index in [1.54, 1.807) is 0 Å².